The zero-order valence-electron chi connectivity index (χ0n) is 15.4. The normalized spacial score (nSPS) is 11.2. The molecule has 0 atom stereocenters. The number of hydrogen-bond acceptors (Lipinski definition) is 2. The Balaban J connectivity index is 1.68. The van der Waals surface area contributed by atoms with Crippen LogP contribution in [0.1, 0.15) is 22.5 Å². The highest BCUT2D eigenvalue weighted by atomic mass is 35.5. The molecule has 1 aromatic heterocycles. The Labute approximate surface area is 169 Å². The van der Waals surface area contributed by atoms with Gasteiger partial charge in [-0.25, -0.2) is 4.98 Å². The number of para-hydroxylation sites is 2. The lowest BCUT2D eigenvalue weighted by molar-refractivity contribution is 0.775. The molecule has 0 fully saturated rings. The SMILES string of the molecule is Cc1ccc(C)c(Cn2c(CSc3ccc(Cl)cc3)nc3ccccc32)c1. The molecular weight excluding hydrogens is 372 g/mol. The fourth-order valence-corrected chi connectivity index (χ4v) is 4.20. The van der Waals surface area contributed by atoms with Crippen molar-refractivity contribution < 1.29 is 0 Å². The van der Waals surface area contributed by atoms with Gasteiger partial charge in [-0.3, -0.25) is 0 Å². The van der Waals surface area contributed by atoms with Crippen molar-refractivity contribution in [2.75, 3.05) is 0 Å². The first-order chi connectivity index (χ1) is 13.1. The van der Waals surface area contributed by atoms with Crippen LogP contribution in [0.15, 0.2) is 71.6 Å². The van der Waals surface area contributed by atoms with E-state index in [4.69, 9.17) is 16.6 Å². The highest BCUT2D eigenvalue weighted by Crippen LogP contribution is 2.27. The molecule has 3 aromatic carbocycles. The van der Waals surface area contributed by atoms with Gasteiger partial charge in [0.25, 0.3) is 0 Å². The van der Waals surface area contributed by atoms with E-state index in [1.165, 1.54) is 27.1 Å². The van der Waals surface area contributed by atoms with Gasteiger partial charge in [-0.15, -0.1) is 11.8 Å². The molecule has 4 rings (SSSR count). The van der Waals surface area contributed by atoms with Crippen LogP contribution in [0.25, 0.3) is 11.0 Å². The first kappa shape index (κ1) is 18.1. The van der Waals surface area contributed by atoms with Gasteiger partial charge in [-0.1, -0.05) is 47.5 Å². The quantitative estimate of drug-likeness (QED) is 0.354. The lowest BCUT2D eigenvalue weighted by Gasteiger charge is -2.12. The number of halogens is 1. The van der Waals surface area contributed by atoms with E-state index in [-0.39, 0.29) is 0 Å². The Bertz CT molecular complexity index is 1080. The van der Waals surface area contributed by atoms with Gasteiger partial charge in [-0.2, -0.15) is 0 Å². The summed E-state index contributed by atoms with van der Waals surface area (Å²) in [5, 5.41) is 0.765. The van der Waals surface area contributed by atoms with Gasteiger partial charge in [0.05, 0.1) is 16.8 Å². The zero-order valence-corrected chi connectivity index (χ0v) is 17.0. The highest BCUT2D eigenvalue weighted by Gasteiger charge is 2.12. The molecule has 0 saturated carbocycles. The Morgan fingerprint density at radius 3 is 2.56 bits per heavy atom. The van der Waals surface area contributed by atoms with E-state index in [0.29, 0.717) is 0 Å². The van der Waals surface area contributed by atoms with Crippen LogP contribution < -0.4 is 0 Å². The van der Waals surface area contributed by atoms with Crippen LogP contribution in [0.5, 0.6) is 0 Å². The number of imidazole rings is 1. The number of hydrogen-bond donors (Lipinski definition) is 0. The van der Waals surface area contributed by atoms with Gasteiger partial charge < -0.3 is 4.57 Å². The van der Waals surface area contributed by atoms with Crippen LogP contribution in [0.4, 0.5) is 0 Å². The molecule has 0 unspecified atom stereocenters. The monoisotopic (exact) mass is 392 g/mol. The summed E-state index contributed by atoms with van der Waals surface area (Å²) in [6.07, 6.45) is 0. The molecule has 4 aromatic rings. The predicted octanol–water partition coefficient (Wildman–Crippen LogP) is 6.65. The minimum Gasteiger partial charge on any atom is -0.323 e. The summed E-state index contributed by atoms with van der Waals surface area (Å²) >= 11 is 7.79. The second-order valence-electron chi connectivity index (χ2n) is 6.78. The number of thioether (sulfide) groups is 1. The standard InChI is InChI=1S/C23H21ClN2S/c1-16-7-8-17(2)18(13-16)14-26-22-6-4-3-5-21(22)25-23(26)15-27-20-11-9-19(24)10-12-20/h3-13H,14-15H2,1-2H3. The number of benzene rings is 3. The molecule has 0 N–H and O–H groups in total. The summed E-state index contributed by atoms with van der Waals surface area (Å²) in [7, 11) is 0. The molecule has 4 heteroatoms. The number of nitrogens with zero attached hydrogens (tertiary/aromatic N) is 2. The van der Waals surface area contributed by atoms with Gasteiger partial charge in [-0.05, 0) is 61.4 Å². The van der Waals surface area contributed by atoms with E-state index >= 15 is 0 Å². The Kier molecular flexibility index (Phi) is 5.24. The summed E-state index contributed by atoms with van der Waals surface area (Å²) in [6.45, 7) is 5.16. The maximum atomic E-state index is 6.00. The minimum atomic E-state index is 0.765. The Morgan fingerprint density at radius 2 is 1.74 bits per heavy atom. The van der Waals surface area contributed by atoms with Crippen molar-refractivity contribution in [3.05, 3.63) is 94.3 Å². The highest BCUT2D eigenvalue weighted by molar-refractivity contribution is 7.98. The Hall–Kier alpha value is -2.23. The molecule has 0 saturated heterocycles. The fourth-order valence-electron chi connectivity index (χ4n) is 3.23. The van der Waals surface area contributed by atoms with Gasteiger partial charge in [0.1, 0.15) is 5.82 Å². The number of fused-ring (bicyclic) bond motifs is 1. The molecule has 27 heavy (non-hydrogen) atoms. The lowest BCUT2D eigenvalue weighted by atomic mass is 10.1. The molecule has 2 nitrogen and oxygen atoms in total. The van der Waals surface area contributed by atoms with Crippen molar-refractivity contribution >= 4 is 34.4 Å². The lowest BCUT2D eigenvalue weighted by Crippen LogP contribution is -2.06. The minimum absolute atomic E-state index is 0.765. The van der Waals surface area contributed by atoms with Gasteiger partial charge in [0.2, 0.25) is 0 Å². The average Bonchev–Trinajstić information content (AvgIpc) is 3.02. The second kappa shape index (κ2) is 7.79. The van der Waals surface area contributed by atoms with Gasteiger partial charge in [0.15, 0.2) is 0 Å². The van der Waals surface area contributed by atoms with Gasteiger partial charge >= 0.3 is 0 Å². The van der Waals surface area contributed by atoms with Gasteiger partial charge in [0, 0.05) is 16.5 Å². The predicted molar refractivity (Wildman–Crippen MR) is 116 cm³/mol. The molecular formula is C23H21ClN2S. The second-order valence-corrected chi connectivity index (χ2v) is 8.26. The van der Waals surface area contributed by atoms with Crippen molar-refractivity contribution in [3.8, 4) is 0 Å². The van der Waals surface area contributed by atoms with E-state index in [2.05, 4.69) is 66.9 Å². The van der Waals surface area contributed by atoms with Crippen LogP contribution in [0.2, 0.25) is 5.02 Å². The number of aromatic nitrogens is 2. The van der Waals surface area contributed by atoms with E-state index < -0.39 is 0 Å². The zero-order chi connectivity index (χ0) is 18.8. The molecule has 0 aliphatic heterocycles. The van der Waals surface area contributed by atoms with Crippen molar-refractivity contribution in [2.45, 2.75) is 31.0 Å². The third-order valence-electron chi connectivity index (χ3n) is 4.75. The van der Waals surface area contributed by atoms with Crippen molar-refractivity contribution in [2.24, 2.45) is 0 Å². The number of aryl methyl sites for hydroxylation is 2. The molecule has 0 aliphatic carbocycles. The molecule has 136 valence electrons. The smallest absolute Gasteiger partial charge is 0.120 e. The van der Waals surface area contributed by atoms with Crippen molar-refractivity contribution in [1.29, 1.82) is 0 Å². The van der Waals surface area contributed by atoms with E-state index in [9.17, 15) is 0 Å². The van der Waals surface area contributed by atoms with Crippen LogP contribution in [-0.2, 0) is 12.3 Å². The molecule has 0 aliphatic rings. The van der Waals surface area contributed by atoms with Crippen molar-refractivity contribution in [1.82, 2.24) is 9.55 Å². The topological polar surface area (TPSA) is 17.8 Å². The molecule has 1 heterocycles. The molecule has 0 bridgehead atoms. The molecule has 0 radical (unpaired) electrons. The summed E-state index contributed by atoms with van der Waals surface area (Å²) in [6, 6.07) is 23.0. The summed E-state index contributed by atoms with van der Waals surface area (Å²) in [5.41, 5.74) is 6.18. The first-order valence-corrected chi connectivity index (χ1v) is 10.3. The summed E-state index contributed by atoms with van der Waals surface area (Å²) in [5.74, 6) is 1.92. The first-order valence-electron chi connectivity index (χ1n) is 8.99. The largest absolute Gasteiger partial charge is 0.323 e. The maximum Gasteiger partial charge on any atom is 0.120 e. The summed E-state index contributed by atoms with van der Waals surface area (Å²) in [4.78, 5) is 6.11. The van der Waals surface area contributed by atoms with E-state index in [1.807, 2.05) is 18.2 Å². The van der Waals surface area contributed by atoms with Crippen LogP contribution in [0, 0.1) is 13.8 Å². The fraction of sp³-hybridized carbons (Fsp3) is 0.174. The van der Waals surface area contributed by atoms with Crippen LogP contribution in [-0.4, -0.2) is 9.55 Å². The van der Waals surface area contributed by atoms with Crippen LogP contribution in [0.3, 0.4) is 0 Å². The number of rotatable bonds is 5. The Morgan fingerprint density at radius 1 is 0.963 bits per heavy atom. The third-order valence-corrected chi connectivity index (χ3v) is 6.01. The van der Waals surface area contributed by atoms with E-state index in [0.717, 1.165) is 28.7 Å². The summed E-state index contributed by atoms with van der Waals surface area (Å²) < 4.78 is 2.35. The van der Waals surface area contributed by atoms with Crippen molar-refractivity contribution in [3.63, 3.8) is 0 Å². The molecule has 0 amide bonds. The average molecular weight is 393 g/mol. The molecule has 0 spiro atoms. The third kappa shape index (κ3) is 4.05. The van der Waals surface area contributed by atoms with Crippen LogP contribution >= 0.6 is 23.4 Å². The maximum absolute atomic E-state index is 6.00. The van der Waals surface area contributed by atoms with E-state index in [1.54, 1.807) is 11.8 Å².